The fourth-order valence-corrected chi connectivity index (χ4v) is 2.53. The van der Waals surface area contributed by atoms with E-state index in [-0.39, 0.29) is 36.7 Å². The van der Waals surface area contributed by atoms with Gasteiger partial charge in [0.25, 0.3) is 0 Å². The highest BCUT2D eigenvalue weighted by atomic mass is 16.5. The van der Waals surface area contributed by atoms with Crippen LogP contribution in [0.5, 0.6) is 0 Å². The van der Waals surface area contributed by atoms with Crippen molar-refractivity contribution in [1.29, 1.82) is 0 Å². The lowest BCUT2D eigenvalue weighted by Crippen LogP contribution is -2.46. The Morgan fingerprint density at radius 2 is 1.82 bits per heavy atom. The molecule has 1 saturated heterocycles. The van der Waals surface area contributed by atoms with Gasteiger partial charge in [-0.1, -0.05) is 13.8 Å². The SMILES string of the molecule is CCOC(=O)CCC(=O)N1CCC(NC(=O)CC(C)C)CC1. The second-order valence-electron chi connectivity index (χ2n) is 6.13. The molecule has 1 aliphatic rings. The first kappa shape index (κ1) is 18.5. The van der Waals surface area contributed by atoms with Crippen LogP contribution in [0.2, 0.25) is 0 Å². The predicted octanol–water partition coefficient (Wildman–Crippen LogP) is 1.48. The van der Waals surface area contributed by atoms with Crippen LogP contribution >= 0.6 is 0 Å². The number of carbonyl (C=O) groups is 3. The molecule has 0 saturated carbocycles. The van der Waals surface area contributed by atoms with Crippen LogP contribution in [0.15, 0.2) is 0 Å². The molecule has 0 aliphatic carbocycles. The summed E-state index contributed by atoms with van der Waals surface area (Å²) in [7, 11) is 0. The summed E-state index contributed by atoms with van der Waals surface area (Å²) in [4.78, 5) is 36.8. The Balaban J connectivity index is 2.25. The minimum Gasteiger partial charge on any atom is -0.466 e. The van der Waals surface area contributed by atoms with Crippen molar-refractivity contribution >= 4 is 17.8 Å². The van der Waals surface area contributed by atoms with Crippen molar-refractivity contribution < 1.29 is 19.1 Å². The van der Waals surface area contributed by atoms with Gasteiger partial charge in [0.15, 0.2) is 0 Å². The molecule has 1 aliphatic heterocycles. The van der Waals surface area contributed by atoms with E-state index in [1.165, 1.54) is 0 Å². The quantitative estimate of drug-likeness (QED) is 0.723. The molecule has 0 unspecified atom stereocenters. The lowest BCUT2D eigenvalue weighted by molar-refractivity contribution is -0.146. The molecule has 6 nitrogen and oxygen atoms in total. The van der Waals surface area contributed by atoms with Crippen molar-refractivity contribution in [2.75, 3.05) is 19.7 Å². The van der Waals surface area contributed by atoms with Crippen LogP contribution in [0, 0.1) is 5.92 Å². The molecule has 22 heavy (non-hydrogen) atoms. The first-order valence-electron chi connectivity index (χ1n) is 8.15. The zero-order chi connectivity index (χ0) is 16.5. The van der Waals surface area contributed by atoms with Gasteiger partial charge >= 0.3 is 5.97 Å². The number of rotatable bonds is 7. The van der Waals surface area contributed by atoms with E-state index in [2.05, 4.69) is 5.32 Å². The Morgan fingerprint density at radius 1 is 1.18 bits per heavy atom. The molecule has 0 atom stereocenters. The van der Waals surface area contributed by atoms with Crippen molar-refractivity contribution in [2.24, 2.45) is 5.92 Å². The number of nitrogens with zero attached hydrogens (tertiary/aromatic N) is 1. The second-order valence-corrected chi connectivity index (χ2v) is 6.13. The van der Waals surface area contributed by atoms with Crippen LogP contribution in [-0.2, 0) is 19.1 Å². The molecular formula is C16H28N2O4. The maximum absolute atomic E-state index is 12.0. The van der Waals surface area contributed by atoms with E-state index >= 15 is 0 Å². The highest BCUT2D eigenvalue weighted by molar-refractivity contribution is 5.81. The lowest BCUT2D eigenvalue weighted by atomic mass is 10.0. The standard InChI is InChI=1S/C16H28N2O4/c1-4-22-16(21)6-5-15(20)18-9-7-13(8-10-18)17-14(19)11-12(2)3/h12-13H,4-11H2,1-3H3,(H,17,19). The van der Waals surface area contributed by atoms with E-state index in [4.69, 9.17) is 4.74 Å². The number of ether oxygens (including phenoxy) is 1. The largest absolute Gasteiger partial charge is 0.466 e. The molecular weight excluding hydrogens is 284 g/mol. The maximum atomic E-state index is 12.0. The summed E-state index contributed by atoms with van der Waals surface area (Å²) in [5.41, 5.74) is 0. The van der Waals surface area contributed by atoms with Crippen molar-refractivity contribution in [2.45, 2.75) is 58.9 Å². The van der Waals surface area contributed by atoms with E-state index in [1.54, 1.807) is 11.8 Å². The highest BCUT2D eigenvalue weighted by Gasteiger charge is 2.24. The van der Waals surface area contributed by atoms with E-state index in [0.29, 0.717) is 32.0 Å². The molecule has 1 rings (SSSR count). The lowest BCUT2D eigenvalue weighted by Gasteiger charge is -2.32. The number of likely N-dealkylation sites (tertiary alicyclic amines) is 1. The third kappa shape index (κ3) is 6.91. The molecule has 0 spiro atoms. The van der Waals surface area contributed by atoms with Crippen molar-refractivity contribution in [3.63, 3.8) is 0 Å². The smallest absolute Gasteiger partial charge is 0.306 e. The van der Waals surface area contributed by atoms with Crippen LogP contribution in [-0.4, -0.2) is 48.4 Å². The summed E-state index contributed by atoms with van der Waals surface area (Å²) < 4.78 is 4.81. The molecule has 0 radical (unpaired) electrons. The molecule has 1 N–H and O–H groups in total. The van der Waals surface area contributed by atoms with Gasteiger partial charge in [0.05, 0.1) is 13.0 Å². The molecule has 6 heteroatoms. The summed E-state index contributed by atoms with van der Waals surface area (Å²) in [5.74, 6) is 0.0957. The van der Waals surface area contributed by atoms with Crippen LogP contribution < -0.4 is 5.32 Å². The molecule has 0 aromatic rings. The summed E-state index contributed by atoms with van der Waals surface area (Å²) in [6, 6.07) is 0.153. The van der Waals surface area contributed by atoms with Gasteiger partial charge in [-0.3, -0.25) is 14.4 Å². The Bertz CT molecular complexity index is 388. The molecule has 126 valence electrons. The average molecular weight is 312 g/mol. The number of hydrogen-bond acceptors (Lipinski definition) is 4. The predicted molar refractivity (Wildman–Crippen MR) is 83.1 cm³/mol. The topological polar surface area (TPSA) is 75.7 Å². The van der Waals surface area contributed by atoms with Crippen LogP contribution in [0.25, 0.3) is 0 Å². The van der Waals surface area contributed by atoms with Gasteiger partial charge in [0, 0.05) is 32.0 Å². The summed E-state index contributed by atoms with van der Waals surface area (Å²) >= 11 is 0. The van der Waals surface area contributed by atoms with Crippen molar-refractivity contribution in [3.8, 4) is 0 Å². The third-order valence-corrected chi connectivity index (χ3v) is 3.65. The van der Waals surface area contributed by atoms with Crippen molar-refractivity contribution in [3.05, 3.63) is 0 Å². The summed E-state index contributed by atoms with van der Waals surface area (Å²) in [6.07, 6.45) is 2.42. The van der Waals surface area contributed by atoms with E-state index in [1.807, 2.05) is 13.8 Å². The number of carbonyl (C=O) groups excluding carboxylic acids is 3. The first-order valence-corrected chi connectivity index (χ1v) is 8.15. The number of amides is 2. The normalized spacial score (nSPS) is 15.7. The van der Waals surface area contributed by atoms with Gasteiger partial charge in [-0.05, 0) is 25.7 Å². The Kier molecular flexibility index (Phi) is 7.91. The first-order chi connectivity index (χ1) is 10.4. The highest BCUT2D eigenvalue weighted by Crippen LogP contribution is 2.13. The van der Waals surface area contributed by atoms with Crippen LogP contribution in [0.4, 0.5) is 0 Å². The van der Waals surface area contributed by atoms with E-state index in [0.717, 1.165) is 12.8 Å². The van der Waals surface area contributed by atoms with Crippen LogP contribution in [0.3, 0.4) is 0 Å². The Morgan fingerprint density at radius 3 is 2.36 bits per heavy atom. The zero-order valence-corrected chi connectivity index (χ0v) is 13.9. The summed E-state index contributed by atoms with van der Waals surface area (Å²) in [6.45, 7) is 7.39. The minimum absolute atomic E-state index is 0.0139. The fourth-order valence-electron chi connectivity index (χ4n) is 2.53. The molecule has 0 bridgehead atoms. The maximum Gasteiger partial charge on any atom is 0.306 e. The Labute approximate surface area is 132 Å². The van der Waals surface area contributed by atoms with E-state index in [9.17, 15) is 14.4 Å². The van der Waals surface area contributed by atoms with Crippen LogP contribution in [0.1, 0.15) is 52.9 Å². The van der Waals surface area contributed by atoms with E-state index < -0.39 is 0 Å². The second kappa shape index (κ2) is 9.43. The minimum atomic E-state index is -0.327. The van der Waals surface area contributed by atoms with Gasteiger partial charge in [0.2, 0.25) is 11.8 Å². The molecule has 0 aromatic heterocycles. The number of esters is 1. The third-order valence-electron chi connectivity index (χ3n) is 3.65. The average Bonchev–Trinajstić information content (AvgIpc) is 2.45. The van der Waals surface area contributed by atoms with Crippen molar-refractivity contribution in [1.82, 2.24) is 10.2 Å². The molecule has 0 aromatic carbocycles. The molecule has 2 amide bonds. The van der Waals surface area contributed by atoms with Gasteiger partial charge < -0.3 is 15.0 Å². The summed E-state index contributed by atoms with van der Waals surface area (Å²) in [5, 5.41) is 3.03. The molecule has 1 heterocycles. The number of piperidine rings is 1. The Hall–Kier alpha value is -1.59. The number of nitrogens with one attached hydrogen (secondary N) is 1. The molecule has 1 fully saturated rings. The van der Waals surface area contributed by atoms with Gasteiger partial charge in [0.1, 0.15) is 0 Å². The van der Waals surface area contributed by atoms with Gasteiger partial charge in [-0.15, -0.1) is 0 Å². The monoisotopic (exact) mass is 312 g/mol. The van der Waals surface area contributed by atoms with Gasteiger partial charge in [-0.2, -0.15) is 0 Å². The fraction of sp³-hybridized carbons (Fsp3) is 0.812. The number of hydrogen-bond donors (Lipinski definition) is 1. The zero-order valence-electron chi connectivity index (χ0n) is 13.9. The van der Waals surface area contributed by atoms with Gasteiger partial charge in [-0.25, -0.2) is 0 Å².